The highest BCUT2D eigenvalue weighted by Gasteiger charge is 2.31. The normalized spacial score (nSPS) is 13.0. The molecule has 0 radical (unpaired) electrons. The number of sulfonamides is 1. The number of hydrogen-bond donors (Lipinski definition) is 1. The lowest BCUT2D eigenvalue weighted by Crippen LogP contribution is -2.50. The van der Waals surface area contributed by atoms with Crippen molar-refractivity contribution >= 4 is 21.6 Å². The van der Waals surface area contributed by atoms with Gasteiger partial charge in [-0.05, 0) is 39.3 Å². The molecule has 0 aliphatic heterocycles. The van der Waals surface area contributed by atoms with Crippen LogP contribution in [0.15, 0.2) is 24.3 Å². The molecule has 0 bridgehead atoms. The molecule has 21 heavy (non-hydrogen) atoms. The van der Waals surface area contributed by atoms with Crippen LogP contribution in [0.2, 0.25) is 0 Å². The van der Waals surface area contributed by atoms with E-state index in [2.05, 4.69) is 5.32 Å². The minimum absolute atomic E-state index is 0.0361. The first-order valence-corrected chi connectivity index (χ1v) is 8.88. The smallest absolute Gasteiger partial charge is 0.244 e. The zero-order chi connectivity index (χ0) is 16.2. The van der Waals surface area contributed by atoms with Gasteiger partial charge in [-0.3, -0.25) is 9.10 Å². The van der Waals surface area contributed by atoms with Crippen LogP contribution in [0.5, 0.6) is 0 Å². The zero-order valence-electron chi connectivity index (χ0n) is 13.3. The fourth-order valence-corrected chi connectivity index (χ4v) is 3.34. The molecular weight excluding hydrogens is 288 g/mol. The molecule has 0 saturated heterocycles. The van der Waals surface area contributed by atoms with Gasteiger partial charge in [-0.25, -0.2) is 8.42 Å². The van der Waals surface area contributed by atoms with E-state index in [0.29, 0.717) is 12.1 Å². The molecule has 118 valence electrons. The highest BCUT2D eigenvalue weighted by molar-refractivity contribution is 7.92. The van der Waals surface area contributed by atoms with Crippen molar-refractivity contribution in [1.82, 2.24) is 5.32 Å². The predicted molar refractivity (Wildman–Crippen MR) is 85.9 cm³/mol. The van der Waals surface area contributed by atoms with Crippen molar-refractivity contribution in [2.24, 2.45) is 0 Å². The zero-order valence-corrected chi connectivity index (χ0v) is 14.1. The predicted octanol–water partition coefficient (Wildman–Crippen LogP) is 2.06. The molecule has 0 aliphatic carbocycles. The maximum atomic E-state index is 12.3. The molecule has 1 aromatic carbocycles. The fraction of sp³-hybridized carbons (Fsp3) is 0.533. The van der Waals surface area contributed by atoms with Crippen LogP contribution in [0.25, 0.3) is 0 Å². The molecule has 6 heteroatoms. The molecule has 1 amide bonds. The molecular formula is C15H24N2O3S. The Kier molecular flexibility index (Phi) is 5.78. The number of nitrogens with one attached hydrogen (secondary N) is 1. The molecule has 5 nitrogen and oxygen atoms in total. The second kappa shape index (κ2) is 6.93. The Morgan fingerprint density at radius 3 is 2.14 bits per heavy atom. The van der Waals surface area contributed by atoms with Gasteiger partial charge in [-0.15, -0.1) is 0 Å². The van der Waals surface area contributed by atoms with Crippen LogP contribution >= 0.6 is 0 Å². The van der Waals surface area contributed by atoms with Gasteiger partial charge in [0.2, 0.25) is 15.9 Å². The number of hydrogen-bond acceptors (Lipinski definition) is 3. The van der Waals surface area contributed by atoms with Crippen molar-refractivity contribution in [2.75, 3.05) is 10.6 Å². The molecule has 1 N–H and O–H groups in total. The average Bonchev–Trinajstić information content (AvgIpc) is 2.34. The van der Waals surface area contributed by atoms with Crippen molar-refractivity contribution in [3.8, 4) is 0 Å². The average molecular weight is 312 g/mol. The van der Waals surface area contributed by atoms with E-state index in [4.69, 9.17) is 0 Å². The molecule has 0 spiro atoms. The summed E-state index contributed by atoms with van der Waals surface area (Å²) in [5, 5.41) is 2.78. The highest BCUT2D eigenvalue weighted by Crippen LogP contribution is 2.23. The van der Waals surface area contributed by atoms with Crippen LogP contribution in [0.4, 0.5) is 5.69 Å². The third-order valence-electron chi connectivity index (χ3n) is 3.05. The summed E-state index contributed by atoms with van der Waals surface area (Å²) >= 11 is 0. The fourth-order valence-electron chi connectivity index (χ4n) is 2.13. The maximum Gasteiger partial charge on any atom is 0.244 e. The van der Waals surface area contributed by atoms with E-state index >= 15 is 0 Å². The van der Waals surface area contributed by atoms with E-state index < -0.39 is 16.1 Å². The van der Waals surface area contributed by atoms with Gasteiger partial charge in [-0.1, -0.05) is 24.6 Å². The number of anilines is 1. The van der Waals surface area contributed by atoms with Crippen molar-refractivity contribution < 1.29 is 13.2 Å². The summed E-state index contributed by atoms with van der Waals surface area (Å²) in [5.74, 6) is -0.279. The SMILES string of the molecule is CC[C@H](C(=O)NC(C)C)N(c1ccc(C)cc1)S(C)(=O)=O. The third kappa shape index (κ3) is 4.74. The van der Waals surface area contributed by atoms with Crippen LogP contribution in [0.1, 0.15) is 32.8 Å². The Hall–Kier alpha value is -1.56. The molecule has 1 aromatic rings. The van der Waals surface area contributed by atoms with Crippen LogP contribution < -0.4 is 9.62 Å². The molecule has 1 rings (SSSR count). The van der Waals surface area contributed by atoms with Gasteiger partial charge < -0.3 is 5.32 Å². The number of carbonyl (C=O) groups is 1. The Bertz CT molecular complexity index is 579. The number of carbonyl (C=O) groups excluding carboxylic acids is 1. The number of rotatable bonds is 6. The van der Waals surface area contributed by atoms with E-state index in [1.165, 1.54) is 4.31 Å². The quantitative estimate of drug-likeness (QED) is 0.874. The Morgan fingerprint density at radius 2 is 1.76 bits per heavy atom. The number of aryl methyl sites for hydroxylation is 1. The van der Waals surface area contributed by atoms with Gasteiger partial charge in [0.05, 0.1) is 11.9 Å². The van der Waals surface area contributed by atoms with Crippen molar-refractivity contribution in [3.63, 3.8) is 0 Å². The summed E-state index contributed by atoms with van der Waals surface area (Å²) in [6.07, 6.45) is 1.53. The molecule has 0 unspecified atom stereocenters. The van der Waals surface area contributed by atoms with Crippen molar-refractivity contribution in [2.45, 2.75) is 46.2 Å². The van der Waals surface area contributed by atoms with E-state index in [0.717, 1.165) is 11.8 Å². The van der Waals surface area contributed by atoms with Gasteiger partial charge >= 0.3 is 0 Å². The molecule has 0 aliphatic rings. The van der Waals surface area contributed by atoms with Crippen molar-refractivity contribution in [1.29, 1.82) is 0 Å². The first kappa shape index (κ1) is 17.5. The van der Waals surface area contributed by atoms with Crippen LogP contribution in [0.3, 0.4) is 0 Å². The third-order valence-corrected chi connectivity index (χ3v) is 4.23. The summed E-state index contributed by atoms with van der Waals surface area (Å²) in [5.41, 5.74) is 1.54. The standard InChI is InChI=1S/C15H24N2O3S/c1-6-14(15(18)16-11(2)3)17(21(5,19)20)13-9-7-12(4)8-10-13/h7-11,14H,6H2,1-5H3,(H,16,18)/t14-/m1/s1. The summed E-state index contributed by atoms with van der Waals surface area (Å²) < 4.78 is 25.5. The first-order valence-electron chi connectivity index (χ1n) is 7.03. The van der Waals surface area contributed by atoms with Gasteiger partial charge in [0, 0.05) is 6.04 Å². The van der Waals surface area contributed by atoms with E-state index in [9.17, 15) is 13.2 Å². The molecule has 1 atom stereocenters. The maximum absolute atomic E-state index is 12.3. The van der Waals surface area contributed by atoms with E-state index in [1.54, 1.807) is 19.1 Å². The summed E-state index contributed by atoms with van der Waals surface area (Å²) in [7, 11) is -3.55. The van der Waals surface area contributed by atoms with Gasteiger partial charge in [0.1, 0.15) is 6.04 Å². The lowest BCUT2D eigenvalue weighted by Gasteiger charge is -2.30. The Labute approximate surface area is 127 Å². The van der Waals surface area contributed by atoms with Gasteiger partial charge in [0.25, 0.3) is 0 Å². The summed E-state index contributed by atoms with van der Waals surface area (Å²) in [6.45, 7) is 7.43. The first-order chi connectivity index (χ1) is 9.66. The monoisotopic (exact) mass is 312 g/mol. The van der Waals surface area contributed by atoms with Crippen molar-refractivity contribution in [3.05, 3.63) is 29.8 Å². The van der Waals surface area contributed by atoms with Gasteiger partial charge in [0.15, 0.2) is 0 Å². The Balaban J connectivity index is 3.23. The topological polar surface area (TPSA) is 66.5 Å². The lowest BCUT2D eigenvalue weighted by molar-refractivity contribution is -0.122. The molecule has 0 heterocycles. The van der Waals surface area contributed by atoms with Crippen LogP contribution in [-0.2, 0) is 14.8 Å². The number of benzene rings is 1. The minimum atomic E-state index is -3.55. The number of nitrogens with zero attached hydrogens (tertiary/aromatic N) is 1. The van der Waals surface area contributed by atoms with Crippen LogP contribution in [0, 0.1) is 6.92 Å². The van der Waals surface area contributed by atoms with Crippen LogP contribution in [-0.4, -0.2) is 32.7 Å². The van der Waals surface area contributed by atoms with E-state index in [-0.39, 0.29) is 11.9 Å². The lowest BCUT2D eigenvalue weighted by atomic mass is 10.1. The minimum Gasteiger partial charge on any atom is -0.352 e. The van der Waals surface area contributed by atoms with Gasteiger partial charge in [-0.2, -0.15) is 0 Å². The summed E-state index contributed by atoms with van der Waals surface area (Å²) in [4.78, 5) is 12.3. The molecule has 0 aromatic heterocycles. The number of amides is 1. The molecule has 0 saturated carbocycles. The summed E-state index contributed by atoms with van der Waals surface area (Å²) in [6, 6.07) is 6.33. The second-order valence-electron chi connectivity index (χ2n) is 5.48. The second-order valence-corrected chi connectivity index (χ2v) is 7.34. The van der Waals surface area contributed by atoms with E-state index in [1.807, 2.05) is 32.9 Å². The molecule has 0 fully saturated rings. The Morgan fingerprint density at radius 1 is 1.24 bits per heavy atom. The highest BCUT2D eigenvalue weighted by atomic mass is 32.2. The largest absolute Gasteiger partial charge is 0.352 e.